The molecule has 104 valence electrons. The molecular weight excluding hydrogens is 248 g/mol. The highest BCUT2D eigenvalue weighted by Crippen LogP contribution is 2.06. The summed E-state index contributed by atoms with van der Waals surface area (Å²) in [6.07, 6.45) is -1.33. The van der Waals surface area contributed by atoms with Gasteiger partial charge in [-0.25, -0.2) is 9.59 Å². The van der Waals surface area contributed by atoms with E-state index in [1.807, 2.05) is 30.3 Å². The molecule has 0 N–H and O–H groups in total. The Morgan fingerprint density at radius 1 is 1.00 bits per heavy atom. The van der Waals surface area contributed by atoms with E-state index in [-0.39, 0.29) is 19.8 Å². The van der Waals surface area contributed by atoms with Crippen molar-refractivity contribution in [2.75, 3.05) is 13.2 Å². The van der Waals surface area contributed by atoms with E-state index >= 15 is 0 Å². The van der Waals surface area contributed by atoms with Crippen molar-refractivity contribution in [1.82, 2.24) is 0 Å². The molecule has 5 heteroatoms. The van der Waals surface area contributed by atoms with Gasteiger partial charge in [-0.15, -0.1) is 0 Å². The molecule has 5 nitrogen and oxygen atoms in total. The Kier molecular flexibility index (Phi) is 6.60. The maximum atomic E-state index is 11.6. The number of hydrogen-bond donors (Lipinski definition) is 0. The van der Waals surface area contributed by atoms with E-state index in [1.165, 1.54) is 0 Å². The van der Waals surface area contributed by atoms with Crippen molar-refractivity contribution < 1.29 is 23.8 Å². The van der Waals surface area contributed by atoms with Crippen molar-refractivity contribution >= 4 is 11.9 Å². The molecule has 1 aromatic rings. The number of carbonyl (C=O) groups is 2. The zero-order valence-electron chi connectivity index (χ0n) is 11.1. The molecule has 0 unspecified atom stereocenters. The molecule has 0 bridgehead atoms. The summed E-state index contributed by atoms with van der Waals surface area (Å²) in [7, 11) is 0. The van der Waals surface area contributed by atoms with Crippen LogP contribution >= 0.6 is 0 Å². The van der Waals surface area contributed by atoms with Crippen LogP contribution in [0.3, 0.4) is 0 Å². The summed E-state index contributed by atoms with van der Waals surface area (Å²) in [6, 6.07) is 9.25. The van der Waals surface area contributed by atoms with E-state index in [0.29, 0.717) is 0 Å². The van der Waals surface area contributed by atoms with Crippen molar-refractivity contribution in [3.63, 3.8) is 0 Å². The second kappa shape index (κ2) is 8.26. The highest BCUT2D eigenvalue weighted by atomic mass is 16.6. The van der Waals surface area contributed by atoms with E-state index in [2.05, 4.69) is 0 Å². The van der Waals surface area contributed by atoms with Crippen LogP contribution in [-0.2, 0) is 30.4 Å². The monoisotopic (exact) mass is 266 g/mol. The van der Waals surface area contributed by atoms with Crippen LogP contribution < -0.4 is 0 Å². The third kappa shape index (κ3) is 5.09. The molecular formula is C14H18O5. The number of esters is 2. The lowest BCUT2D eigenvalue weighted by atomic mass is 10.2. The van der Waals surface area contributed by atoms with Gasteiger partial charge in [-0.05, 0) is 19.4 Å². The quantitative estimate of drug-likeness (QED) is 0.555. The SMILES string of the molecule is CCOC(=O)C(OCc1ccccc1)C(=O)OCC. The van der Waals surface area contributed by atoms with Crippen LogP contribution in [0, 0.1) is 0 Å². The van der Waals surface area contributed by atoms with Gasteiger partial charge in [-0.2, -0.15) is 0 Å². The fourth-order valence-electron chi connectivity index (χ4n) is 1.42. The van der Waals surface area contributed by atoms with E-state index in [0.717, 1.165) is 5.56 Å². The Hall–Kier alpha value is -1.88. The zero-order valence-corrected chi connectivity index (χ0v) is 11.1. The average molecular weight is 266 g/mol. The van der Waals surface area contributed by atoms with Crippen LogP contribution in [0.25, 0.3) is 0 Å². The van der Waals surface area contributed by atoms with Crippen LogP contribution in [0.5, 0.6) is 0 Å². The van der Waals surface area contributed by atoms with Crippen molar-refractivity contribution in [2.45, 2.75) is 26.6 Å². The minimum absolute atomic E-state index is 0.142. The van der Waals surface area contributed by atoms with Gasteiger partial charge in [-0.3, -0.25) is 0 Å². The first kappa shape index (κ1) is 15.2. The molecule has 0 heterocycles. The van der Waals surface area contributed by atoms with Gasteiger partial charge in [-0.1, -0.05) is 30.3 Å². The number of hydrogen-bond acceptors (Lipinski definition) is 5. The minimum Gasteiger partial charge on any atom is -0.464 e. The zero-order chi connectivity index (χ0) is 14.1. The van der Waals surface area contributed by atoms with E-state index < -0.39 is 18.0 Å². The predicted molar refractivity (Wildman–Crippen MR) is 68.3 cm³/mol. The molecule has 0 saturated heterocycles. The molecule has 0 aliphatic carbocycles. The topological polar surface area (TPSA) is 61.8 Å². The number of rotatable bonds is 7. The van der Waals surface area contributed by atoms with Gasteiger partial charge < -0.3 is 14.2 Å². The fourth-order valence-corrected chi connectivity index (χ4v) is 1.42. The number of benzene rings is 1. The molecule has 0 amide bonds. The number of ether oxygens (including phenoxy) is 3. The molecule has 0 aromatic heterocycles. The molecule has 19 heavy (non-hydrogen) atoms. The maximum absolute atomic E-state index is 11.6. The number of carbonyl (C=O) groups excluding carboxylic acids is 2. The normalized spacial score (nSPS) is 10.3. The van der Waals surface area contributed by atoms with Crippen molar-refractivity contribution in [2.24, 2.45) is 0 Å². The van der Waals surface area contributed by atoms with E-state index in [1.54, 1.807) is 13.8 Å². The Balaban J connectivity index is 2.63. The predicted octanol–water partition coefficient (Wildman–Crippen LogP) is 1.70. The summed E-state index contributed by atoms with van der Waals surface area (Å²) in [4.78, 5) is 23.3. The van der Waals surface area contributed by atoms with Crippen LogP contribution in [0.2, 0.25) is 0 Å². The lowest BCUT2D eigenvalue weighted by Gasteiger charge is -2.15. The minimum atomic E-state index is -1.33. The smallest absolute Gasteiger partial charge is 0.347 e. The Morgan fingerprint density at radius 3 is 2.00 bits per heavy atom. The van der Waals surface area contributed by atoms with Crippen LogP contribution in [0.15, 0.2) is 30.3 Å². The maximum Gasteiger partial charge on any atom is 0.347 e. The largest absolute Gasteiger partial charge is 0.464 e. The van der Waals surface area contributed by atoms with Gasteiger partial charge in [0.2, 0.25) is 0 Å². The highest BCUT2D eigenvalue weighted by molar-refractivity contribution is 5.98. The van der Waals surface area contributed by atoms with Gasteiger partial charge in [0.05, 0.1) is 19.8 Å². The molecule has 1 rings (SSSR count). The van der Waals surface area contributed by atoms with Crippen molar-refractivity contribution in [1.29, 1.82) is 0 Å². The van der Waals surface area contributed by atoms with Crippen LogP contribution in [-0.4, -0.2) is 31.3 Å². The van der Waals surface area contributed by atoms with Gasteiger partial charge >= 0.3 is 11.9 Å². The van der Waals surface area contributed by atoms with Crippen molar-refractivity contribution in [3.8, 4) is 0 Å². The third-order valence-electron chi connectivity index (χ3n) is 2.26. The molecule has 0 radical (unpaired) electrons. The Bertz CT molecular complexity index is 384. The van der Waals surface area contributed by atoms with Gasteiger partial charge in [0.25, 0.3) is 6.10 Å². The van der Waals surface area contributed by atoms with Crippen molar-refractivity contribution in [3.05, 3.63) is 35.9 Å². The second-order valence-electron chi connectivity index (χ2n) is 3.68. The average Bonchev–Trinajstić information content (AvgIpc) is 2.41. The van der Waals surface area contributed by atoms with Gasteiger partial charge in [0, 0.05) is 0 Å². The highest BCUT2D eigenvalue weighted by Gasteiger charge is 2.30. The molecule has 0 saturated carbocycles. The molecule has 1 aromatic carbocycles. The molecule has 0 aliphatic heterocycles. The second-order valence-corrected chi connectivity index (χ2v) is 3.68. The molecule has 0 atom stereocenters. The van der Waals surface area contributed by atoms with Gasteiger partial charge in [0.15, 0.2) is 0 Å². The summed E-state index contributed by atoms with van der Waals surface area (Å²) >= 11 is 0. The first-order chi connectivity index (χ1) is 9.19. The molecule has 0 spiro atoms. The Labute approximate surface area is 112 Å². The summed E-state index contributed by atoms with van der Waals surface area (Å²) in [5, 5.41) is 0. The lowest BCUT2D eigenvalue weighted by Crippen LogP contribution is -2.36. The first-order valence-electron chi connectivity index (χ1n) is 6.17. The lowest BCUT2D eigenvalue weighted by molar-refractivity contribution is -0.173. The fraction of sp³-hybridized carbons (Fsp3) is 0.429. The standard InChI is InChI=1S/C14H18O5/c1-3-17-13(15)12(14(16)18-4-2)19-10-11-8-6-5-7-9-11/h5-9,12H,3-4,10H2,1-2H3. The van der Waals surface area contributed by atoms with E-state index in [4.69, 9.17) is 14.2 Å². The third-order valence-corrected chi connectivity index (χ3v) is 2.26. The summed E-state index contributed by atoms with van der Waals surface area (Å²) in [5.41, 5.74) is 0.862. The van der Waals surface area contributed by atoms with Crippen LogP contribution in [0.1, 0.15) is 19.4 Å². The van der Waals surface area contributed by atoms with Crippen LogP contribution in [0.4, 0.5) is 0 Å². The van der Waals surface area contributed by atoms with Gasteiger partial charge in [0.1, 0.15) is 0 Å². The Morgan fingerprint density at radius 2 is 1.53 bits per heavy atom. The first-order valence-corrected chi connectivity index (χ1v) is 6.17. The summed E-state index contributed by atoms with van der Waals surface area (Å²) in [5.74, 6) is -1.45. The van der Waals surface area contributed by atoms with E-state index in [9.17, 15) is 9.59 Å². The molecule has 0 aliphatic rings. The summed E-state index contributed by atoms with van der Waals surface area (Å²) < 4.78 is 14.9. The molecule has 0 fully saturated rings. The summed E-state index contributed by atoms with van der Waals surface area (Å²) in [6.45, 7) is 3.84.